The van der Waals surface area contributed by atoms with E-state index in [-0.39, 0.29) is 17.9 Å². The summed E-state index contributed by atoms with van der Waals surface area (Å²) in [5, 5.41) is 12.7. The highest BCUT2D eigenvalue weighted by molar-refractivity contribution is 5.98. The molecule has 1 aliphatic rings. The van der Waals surface area contributed by atoms with E-state index in [0.29, 0.717) is 30.0 Å². The zero-order valence-corrected chi connectivity index (χ0v) is 23.2. The van der Waals surface area contributed by atoms with Gasteiger partial charge in [-0.3, -0.25) is 4.79 Å². The summed E-state index contributed by atoms with van der Waals surface area (Å²) in [6, 6.07) is 9.54. The topological polar surface area (TPSA) is 74.4 Å². The number of hydrogen-bond donors (Lipinski definition) is 4. The molecular weight excluding hydrogens is 448 g/mol. The number of ether oxygens (including phenoxy) is 1. The molecule has 0 amide bonds. The molecule has 3 atom stereocenters. The molecule has 4 N–H and O–H groups in total. The van der Waals surface area contributed by atoms with Gasteiger partial charge in [0.1, 0.15) is 6.61 Å². The van der Waals surface area contributed by atoms with Crippen molar-refractivity contribution in [3.8, 4) is 0 Å². The molecule has 1 aromatic carbocycles. The van der Waals surface area contributed by atoms with Gasteiger partial charge in [-0.05, 0) is 57.6 Å². The Morgan fingerprint density at radius 3 is 2.17 bits per heavy atom. The molecule has 200 valence electrons. The van der Waals surface area contributed by atoms with Gasteiger partial charge in [0.05, 0.1) is 17.8 Å². The van der Waals surface area contributed by atoms with Crippen LogP contribution in [-0.4, -0.2) is 30.5 Å². The average Bonchev–Trinajstić information content (AvgIpc) is 3.19. The van der Waals surface area contributed by atoms with Crippen LogP contribution < -0.4 is 21.3 Å². The predicted molar refractivity (Wildman–Crippen MR) is 152 cm³/mol. The first-order chi connectivity index (χ1) is 16.9. The molecule has 0 aromatic heterocycles. The van der Waals surface area contributed by atoms with E-state index in [1.165, 1.54) is 12.1 Å². The van der Waals surface area contributed by atoms with E-state index in [1.807, 2.05) is 51.1 Å². The Kier molecular flexibility index (Phi) is 13.5. The van der Waals surface area contributed by atoms with Crippen LogP contribution in [0.5, 0.6) is 0 Å². The van der Waals surface area contributed by atoms with Crippen LogP contribution in [-0.2, 0) is 16.1 Å². The normalized spacial score (nSPS) is 16.2. The minimum Gasteiger partial charge on any atom is -0.475 e. The summed E-state index contributed by atoms with van der Waals surface area (Å²) in [6.45, 7) is 29.6. The van der Waals surface area contributed by atoms with E-state index in [0.717, 1.165) is 24.2 Å². The fourth-order valence-corrected chi connectivity index (χ4v) is 3.66. The fraction of sp³-hybridized carbons (Fsp3) is 0.500. The number of benzene rings is 1. The molecule has 2 unspecified atom stereocenters. The van der Waals surface area contributed by atoms with E-state index < -0.39 is 6.04 Å². The van der Waals surface area contributed by atoms with Gasteiger partial charge in [-0.25, -0.2) is 0 Å². The lowest BCUT2D eigenvalue weighted by molar-refractivity contribution is -0.117. The standard InChI is InChI=1S/C24H37N3O2.C6H11N/c1-16(2)14-23(27-21(8)29-15-22-12-10-9-11-13-22)18(5)26-20(7)24(28)19(6)25-17(3)4;1-5-3-4-7-6(5)2/h9-13,16-17,20,23,25-27H,5-6,8,14-15H2,1-4,7H3;5,7H,2-4H2,1H3/t20?,23-;/m0./s1. The molecule has 1 fully saturated rings. The molecule has 2 rings (SSSR count). The van der Waals surface area contributed by atoms with E-state index in [4.69, 9.17) is 4.74 Å². The Balaban J connectivity index is 0.000000789. The molecule has 0 saturated carbocycles. The number of carbonyl (C=O) groups is 1. The van der Waals surface area contributed by atoms with E-state index in [9.17, 15) is 4.79 Å². The average molecular weight is 497 g/mol. The number of nitrogens with one attached hydrogen (secondary N) is 4. The molecule has 1 aliphatic heterocycles. The summed E-state index contributed by atoms with van der Waals surface area (Å²) in [5.41, 5.74) is 3.40. The summed E-state index contributed by atoms with van der Waals surface area (Å²) >= 11 is 0. The molecule has 1 saturated heterocycles. The molecule has 6 heteroatoms. The Morgan fingerprint density at radius 2 is 1.69 bits per heavy atom. The van der Waals surface area contributed by atoms with Crippen molar-refractivity contribution in [2.45, 2.75) is 79.1 Å². The second kappa shape index (κ2) is 15.8. The zero-order valence-electron chi connectivity index (χ0n) is 23.2. The van der Waals surface area contributed by atoms with Crippen molar-refractivity contribution in [3.05, 3.63) is 85.2 Å². The Hall–Kier alpha value is -3.15. The van der Waals surface area contributed by atoms with E-state index in [1.54, 1.807) is 0 Å². The quantitative estimate of drug-likeness (QED) is 0.205. The maximum absolute atomic E-state index is 12.5. The Morgan fingerprint density at radius 1 is 1.06 bits per heavy atom. The zero-order chi connectivity index (χ0) is 27.3. The molecule has 1 heterocycles. The van der Waals surface area contributed by atoms with Gasteiger partial charge >= 0.3 is 0 Å². The third-order valence-corrected chi connectivity index (χ3v) is 5.80. The van der Waals surface area contributed by atoms with Crippen LogP contribution in [0.4, 0.5) is 0 Å². The van der Waals surface area contributed by atoms with Crippen molar-refractivity contribution in [2.75, 3.05) is 6.54 Å². The minimum atomic E-state index is -0.434. The minimum absolute atomic E-state index is 0.0812. The first-order valence-corrected chi connectivity index (χ1v) is 12.9. The van der Waals surface area contributed by atoms with Gasteiger partial charge in [0.2, 0.25) is 0 Å². The Bertz CT molecular complexity index is 876. The van der Waals surface area contributed by atoms with Crippen LogP contribution in [0.25, 0.3) is 0 Å². The van der Waals surface area contributed by atoms with Gasteiger partial charge in [-0.2, -0.15) is 0 Å². The molecule has 0 radical (unpaired) electrons. The summed E-state index contributed by atoms with van der Waals surface area (Å²) in [5.74, 6) is 1.53. The number of allylic oxidation sites excluding steroid dienone is 1. The van der Waals surface area contributed by atoms with Crippen molar-refractivity contribution in [1.29, 1.82) is 0 Å². The molecule has 6 nitrogen and oxygen atoms in total. The van der Waals surface area contributed by atoms with Gasteiger partial charge < -0.3 is 26.0 Å². The summed E-state index contributed by atoms with van der Waals surface area (Å²) in [6.07, 6.45) is 2.09. The monoisotopic (exact) mass is 496 g/mol. The molecule has 36 heavy (non-hydrogen) atoms. The first kappa shape index (κ1) is 30.9. The van der Waals surface area contributed by atoms with Crippen LogP contribution in [0.1, 0.15) is 59.9 Å². The van der Waals surface area contributed by atoms with Crippen LogP contribution in [0.15, 0.2) is 79.6 Å². The van der Waals surface area contributed by atoms with Crippen LogP contribution in [0.3, 0.4) is 0 Å². The van der Waals surface area contributed by atoms with Crippen molar-refractivity contribution < 1.29 is 9.53 Å². The van der Waals surface area contributed by atoms with Gasteiger partial charge in [0.15, 0.2) is 11.7 Å². The number of rotatable bonds is 14. The highest BCUT2D eigenvalue weighted by Crippen LogP contribution is 2.15. The SMILES string of the molecule is C=C(N[C@@H](CC(C)C)C(=C)NC(C)C(=O)C(=C)NC(C)C)OCc1ccccc1.C=C1NCCC1C. The summed E-state index contributed by atoms with van der Waals surface area (Å²) in [4.78, 5) is 12.5. The van der Waals surface area contributed by atoms with Crippen molar-refractivity contribution >= 4 is 5.78 Å². The maximum Gasteiger partial charge on any atom is 0.199 e. The van der Waals surface area contributed by atoms with Crippen molar-refractivity contribution in [1.82, 2.24) is 21.3 Å². The second-order valence-electron chi connectivity index (χ2n) is 10.2. The first-order valence-electron chi connectivity index (χ1n) is 12.9. The van der Waals surface area contributed by atoms with E-state index >= 15 is 0 Å². The van der Waals surface area contributed by atoms with Crippen molar-refractivity contribution in [2.24, 2.45) is 11.8 Å². The molecular formula is C30H48N4O2. The maximum atomic E-state index is 12.5. The fourth-order valence-electron chi connectivity index (χ4n) is 3.66. The van der Waals surface area contributed by atoms with Gasteiger partial charge in [-0.15, -0.1) is 0 Å². The second-order valence-corrected chi connectivity index (χ2v) is 10.2. The van der Waals surface area contributed by atoms with Gasteiger partial charge in [-0.1, -0.05) is 70.8 Å². The molecule has 0 aliphatic carbocycles. The molecule has 0 spiro atoms. The largest absolute Gasteiger partial charge is 0.475 e. The van der Waals surface area contributed by atoms with E-state index in [2.05, 4.69) is 68.4 Å². The Labute approximate surface area is 219 Å². The van der Waals surface area contributed by atoms with Crippen LogP contribution in [0.2, 0.25) is 0 Å². The smallest absolute Gasteiger partial charge is 0.199 e. The molecule has 0 bridgehead atoms. The molecule has 1 aromatic rings. The number of carbonyl (C=O) groups excluding carboxylic acids is 1. The van der Waals surface area contributed by atoms with Crippen LogP contribution in [0, 0.1) is 11.8 Å². The van der Waals surface area contributed by atoms with Gasteiger partial charge in [0, 0.05) is 24.0 Å². The van der Waals surface area contributed by atoms with Gasteiger partial charge in [0.25, 0.3) is 0 Å². The number of hydrogen-bond acceptors (Lipinski definition) is 6. The predicted octanol–water partition coefficient (Wildman–Crippen LogP) is 5.38. The number of Topliss-reactive ketones (excluding diaryl/α,β-unsaturated/α-hetero) is 1. The lowest BCUT2D eigenvalue weighted by atomic mass is 10.0. The highest BCUT2D eigenvalue weighted by Gasteiger charge is 2.22. The third kappa shape index (κ3) is 12.0. The summed E-state index contributed by atoms with van der Waals surface area (Å²) in [7, 11) is 0. The van der Waals surface area contributed by atoms with Crippen LogP contribution >= 0.6 is 0 Å². The summed E-state index contributed by atoms with van der Waals surface area (Å²) < 4.78 is 5.76. The number of ketones is 1. The highest BCUT2D eigenvalue weighted by atomic mass is 16.5. The third-order valence-electron chi connectivity index (χ3n) is 5.80. The van der Waals surface area contributed by atoms with Crippen molar-refractivity contribution in [3.63, 3.8) is 0 Å². The lowest BCUT2D eigenvalue weighted by Gasteiger charge is -2.28. The lowest BCUT2D eigenvalue weighted by Crippen LogP contribution is -2.44.